The average molecular weight is 840 g/mol. The fourth-order valence-electron chi connectivity index (χ4n) is 11.7. The van der Waals surface area contributed by atoms with Crippen LogP contribution in [0.25, 0.3) is 99.9 Å². The van der Waals surface area contributed by atoms with Gasteiger partial charge in [0.15, 0.2) is 11.6 Å². The van der Waals surface area contributed by atoms with Gasteiger partial charge in [-0.2, -0.15) is 9.97 Å². The van der Waals surface area contributed by atoms with Gasteiger partial charge in [0.25, 0.3) is 0 Å². The highest BCUT2D eigenvalue weighted by Crippen LogP contribution is 2.52. The van der Waals surface area contributed by atoms with Crippen LogP contribution in [0.15, 0.2) is 164 Å². The van der Waals surface area contributed by atoms with E-state index in [0.29, 0.717) is 17.6 Å². The lowest BCUT2D eigenvalue weighted by Gasteiger charge is -2.42. The molecule has 3 heterocycles. The quantitative estimate of drug-likeness (QED) is 0.177. The van der Waals surface area contributed by atoms with E-state index in [1.165, 1.54) is 76.7 Å². The minimum atomic E-state index is -0.103. The number of aromatic nitrogens is 5. The van der Waals surface area contributed by atoms with E-state index in [2.05, 4.69) is 208 Å². The van der Waals surface area contributed by atoms with Gasteiger partial charge in [-0.15, -0.1) is 0 Å². The Balaban J connectivity index is 1.18. The summed E-state index contributed by atoms with van der Waals surface area (Å²) in [7, 11) is 0. The lowest BCUT2D eigenvalue weighted by molar-refractivity contribution is 0.332. The molecular formula is C60H49N5. The first kappa shape index (κ1) is 38.1. The highest BCUT2D eigenvalue weighted by atomic mass is 15.2. The van der Waals surface area contributed by atoms with Crippen molar-refractivity contribution in [2.45, 2.75) is 70.6 Å². The van der Waals surface area contributed by atoms with Crippen LogP contribution in [0, 0.1) is 0 Å². The number of nitrogens with zero attached hydrogens (tertiary/aromatic N) is 5. The van der Waals surface area contributed by atoms with Crippen molar-refractivity contribution in [3.8, 4) is 45.5 Å². The molecule has 13 rings (SSSR count). The normalized spacial score (nSPS) is 15.8. The molecule has 0 saturated carbocycles. The zero-order valence-corrected chi connectivity index (χ0v) is 37.7. The van der Waals surface area contributed by atoms with Crippen molar-refractivity contribution < 1.29 is 0 Å². The Bertz CT molecular complexity index is 3790. The van der Waals surface area contributed by atoms with Crippen LogP contribution < -0.4 is 0 Å². The van der Waals surface area contributed by atoms with E-state index in [4.69, 9.17) is 15.0 Å². The molecule has 11 aromatic rings. The van der Waals surface area contributed by atoms with Gasteiger partial charge in [-0.25, -0.2) is 4.98 Å². The molecule has 2 aliphatic carbocycles. The molecule has 0 radical (unpaired) electrons. The highest BCUT2D eigenvalue weighted by molar-refractivity contribution is 6.33. The van der Waals surface area contributed by atoms with Gasteiger partial charge in [-0.05, 0) is 116 Å². The van der Waals surface area contributed by atoms with Gasteiger partial charge in [0.1, 0.15) is 0 Å². The first-order valence-corrected chi connectivity index (χ1v) is 23.1. The van der Waals surface area contributed by atoms with Crippen LogP contribution in [0.4, 0.5) is 0 Å². The molecule has 0 saturated heterocycles. The summed E-state index contributed by atoms with van der Waals surface area (Å²) in [5, 5.41) is 7.40. The first-order valence-electron chi connectivity index (χ1n) is 23.1. The zero-order valence-electron chi connectivity index (χ0n) is 37.7. The van der Waals surface area contributed by atoms with Crippen molar-refractivity contribution in [2.75, 3.05) is 0 Å². The van der Waals surface area contributed by atoms with Crippen molar-refractivity contribution >= 4 is 54.4 Å². The Morgan fingerprint density at radius 3 is 1.75 bits per heavy atom. The van der Waals surface area contributed by atoms with Gasteiger partial charge in [0.2, 0.25) is 5.95 Å². The number of benzene rings is 8. The van der Waals surface area contributed by atoms with Crippen molar-refractivity contribution in [3.63, 3.8) is 0 Å². The number of hydrogen-bond acceptors (Lipinski definition) is 3. The van der Waals surface area contributed by atoms with E-state index in [0.717, 1.165) is 40.7 Å². The maximum Gasteiger partial charge on any atom is 0.238 e. The number of fused-ring (bicyclic) bond motifs is 13. The largest absolute Gasteiger partial charge is 0.309 e. The van der Waals surface area contributed by atoms with E-state index >= 15 is 0 Å². The van der Waals surface area contributed by atoms with Gasteiger partial charge >= 0.3 is 0 Å². The third-order valence-electron chi connectivity index (χ3n) is 15.2. The topological polar surface area (TPSA) is 48.5 Å². The number of para-hydroxylation sites is 1. The molecule has 0 fully saturated rings. The predicted octanol–water partition coefficient (Wildman–Crippen LogP) is 15.2. The summed E-state index contributed by atoms with van der Waals surface area (Å²) in [6.07, 6.45) is 2.25. The molecule has 5 heteroatoms. The van der Waals surface area contributed by atoms with Crippen molar-refractivity contribution in [1.82, 2.24) is 24.1 Å². The predicted molar refractivity (Wildman–Crippen MR) is 270 cm³/mol. The summed E-state index contributed by atoms with van der Waals surface area (Å²) in [5.74, 6) is 1.91. The molecule has 0 amide bonds. The molecule has 314 valence electrons. The molecule has 0 atom stereocenters. The molecule has 0 spiro atoms. The van der Waals surface area contributed by atoms with Crippen LogP contribution in [0.3, 0.4) is 0 Å². The zero-order chi connectivity index (χ0) is 44.0. The molecule has 8 aromatic carbocycles. The number of rotatable bonds is 4. The van der Waals surface area contributed by atoms with Crippen LogP contribution in [0.5, 0.6) is 0 Å². The third kappa shape index (κ3) is 5.42. The highest BCUT2D eigenvalue weighted by Gasteiger charge is 2.39. The number of hydrogen-bond donors (Lipinski definition) is 0. The Labute approximate surface area is 379 Å². The Morgan fingerprint density at radius 2 is 0.985 bits per heavy atom. The van der Waals surface area contributed by atoms with Crippen LogP contribution in [-0.4, -0.2) is 24.1 Å². The second-order valence-corrected chi connectivity index (χ2v) is 20.3. The monoisotopic (exact) mass is 839 g/mol. The molecule has 0 unspecified atom stereocenters. The summed E-state index contributed by atoms with van der Waals surface area (Å²) in [5.41, 5.74) is 15.5. The van der Waals surface area contributed by atoms with E-state index in [1.54, 1.807) is 0 Å². The van der Waals surface area contributed by atoms with Crippen molar-refractivity contribution in [2.24, 2.45) is 0 Å². The molecule has 0 N–H and O–H groups in total. The summed E-state index contributed by atoms with van der Waals surface area (Å²) < 4.78 is 4.80. The SMILES string of the molecule is CC1(C)CCC(C)(C)c2cc3c(cc21)c1c2c4c5ccccc5ccc4n(-c4ccccc4)c2ccc1n3-c1nc(-c2ccccc2)nc(-c2ccc3c(c2)-c2ccccc2C3(C)C)n1. The maximum absolute atomic E-state index is 5.55. The standard InChI is InChI=1S/C60H49N5/c1-58(2)31-32-59(3,4)47-35-51-43(34-46(47)58)53-49(29-30-50-54(53)52-40-22-14-13-17-36(40)26-28-48(52)64(50)39-20-11-8-12-21-39)65(51)57-62-55(37-18-9-7-10-19-37)61-56(63-57)38-25-27-45-42(33-38)41-23-15-16-24-44(41)60(45,5)6/h7-30,33-35H,31-32H2,1-6H3. The minimum Gasteiger partial charge on any atom is -0.309 e. The third-order valence-corrected chi connectivity index (χ3v) is 15.2. The van der Waals surface area contributed by atoms with Crippen LogP contribution in [-0.2, 0) is 16.2 Å². The molecular weight excluding hydrogens is 791 g/mol. The molecule has 3 aromatic heterocycles. The Kier molecular flexibility index (Phi) is 7.82. The van der Waals surface area contributed by atoms with Gasteiger partial charge in [0, 0.05) is 43.8 Å². The fraction of sp³-hybridized carbons (Fsp3) is 0.183. The summed E-state index contributed by atoms with van der Waals surface area (Å²) in [6.45, 7) is 14.3. The lowest BCUT2D eigenvalue weighted by atomic mass is 9.63. The van der Waals surface area contributed by atoms with E-state index < -0.39 is 0 Å². The molecule has 65 heavy (non-hydrogen) atoms. The molecule has 0 bridgehead atoms. The van der Waals surface area contributed by atoms with Crippen molar-refractivity contribution in [1.29, 1.82) is 0 Å². The van der Waals surface area contributed by atoms with Crippen LogP contribution >= 0.6 is 0 Å². The van der Waals surface area contributed by atoms with Gasteiger partial charge in [0.05, 0.1) is 22.1 Å². The minimum absolute atomic E-state index is 0.00760. The first-order chi connectivity index (χ1) is 31.5. The summed E-state index contributed by atoms with van der Waals surface area (Å²) in [6, 6.07) is 59.9. The van der Waals surface area contributed by atoms with Crippen LogP contribution in [0.2, 0.25) is 0 Å². The van der Waals surface area contributed by atoms with E-state index in [9.17, 15) is 0 Å². The fourth-order valence-corrected chi connectivity index (χ4v) is 11.7. The average Bonchev–Trinajstić information content (AvgIpc) is 3.93. The molecule has 2 aliphatic rings. The summed E-state index contributed by atoms with van der Waals surface area (Å²) in [4.78, 5) is 16.3. The van der Waals surface area contributed by atoms with Crippen molar-refractivity contribution in [3.05, 3.63) is 186 Å². The van der Waals surface area contributed by atoms with Crippen LogP contribution in [0.1, 0.15) is 76.6 Å². The smallest absolute Gasteiger partial charge is 0.238 e. The molecule has 0 aliphatic heterocycles. The molecule has 5 nitrogen and oxygen atoms in total. The van der Waals surface area contributed by atoms with Gasteiger partial charge in [-0.1, -0.05) is 157 Å². The lowest BCUT2D eigenvalue weighted by Crippen LogP contribution is -2.33. The second-order valence-electron chi connectivity index (χ2n) is 20.3. The van der Waals surface area contributed by atoms with E-state index in [1.807, 2.05) is 6.07 Å². The Morgan fingerprint density at radius 1 is 0.400 bits per heavy atom. The summed E-state index contributed by atoms with van der Waals surface area (Å²) >= 11 is 0. The van der Waals surface area contributed by atoms with Gasteiger partial charge in [-0.3, -0.25) is 4.57 Å². The Hall–Kier alpha value is -7.37. The second kappa shape index (κ2) is 13.3. The maximum atomic E-state index is 5.55. The van der Waals surface area contributed by atoms with E-state index in [-0.39, 0.29) is 16.2 Å². The van der Waals surface area contributed by atoms with Gasteiger partial charge < -0.3 is 4.57 Å².